The lowest BCUT2D eigenvalue weighted by molar-refractivity contribution is -0.120. The van der Waals surface area contributed by atoms with Gasteiger partial charge in [-0.2, -0.15) is 4.98 Å². The van der Waals surface area contributed by atoms with Gasteiger partial charge in [-0.05, 0) is 31.4 Å². The summed E-state index contributed by atoms with van der Waals surface area (Å²) in [6.07, 6.45) is 8.03. The quantitative estimate of drug-likeness (QED) is 0.785. The van der Waals surface area contributed by atoms with Crippen LogP contribution in [-0.2, 0) is 4.79 Å². The van der Waals surface area contributed by atoms with Crippen molar-refractivity contribution in [2.24, 2.45) is 0 Å². The van der Waals surface area contributed by atoms with E-state index in [1.807, 2.05) is 13.0 Å². The van der Waals surface area contributed by atoms with E-state index in [2.05, 4.69) is 15.1 Å². The Bertz CT molecular complexity index is 621. The van der Waals surface area contributed by atoms with Gasteiger partial charge in [0.1, 0.15) is 5.78 Å². The fraction of sp³-hybridized carbons (Fsp3) is 0.467. The predicted octanol–water partition coefficient (Wildman–Crippen LogP) is 3.06. The Hall–Kier alpha value is -2.04. The summed E-state index contributed by atoms with van der Waals surface area (Å²) < 4.78 is 5.34. The third-order valence-electron chi connectivity index (χ3n) is 3.81. The van der Waals surface area contributed by atoms with Gasteiger partial charge >= 0.3 is 0 Å². The van der Waals surface area contributed by atoms with Crippen molar-refractivity contribution in [1.82, 2.24) is 15.1 Å². The monoisotopic (exact) mass is 271 g/mol. The first kappa shape index (κ1) is 13.0. The van der Waals surface area contributed by atoms with Gasteiger partial charge < -0.3 is 4.52 Å². The molecule has 1 aliphatic rings. The summed E-state index contributed by atoms with van der Waals surface area (Å²) in [6, 6.07) is 1.86. The molecule has 2 aromatic rings. The molecule has 0 N–H and O–H groups in total. The molecule has 1 aliphatic carbocycles. The minimum atomic E-state index is -0.221. The summed E-state index contributed by atoms with van der Waals surface area (Å²) in [5.74, 6) is 1.00. The molecule has 20 heavy (non-hydrogen) atoms. The Morgan fingerprint density at radius 3 is 3.05 bits per heavy atom. The molecule has 0 amide bonds. The van der Waals surface area contributed by atoms with Gasteiger partial charge in [-0.1, -0.05) is 18.0 Å². The Kier molecular flexibility index (Phi) is 3.58. The highest BCUT2D eigenvalue weighted by Crippen LogP contribution is 2.29. The van der Waals surface area contributed by atoms with Crippen molar-refractivity contribution in [3.8, 4) is 11.4 Å². The second-order valence-electron chi connectivity index (χ2n) is 5.27. The van der Waals surface area contributed by atoms with Gasteiger partial charge in [0.25, 0.3) is 0 Å². The molecular weight excluding hydrogens is 254 g/mol. The minimum absolute atomic E-state index is 0.221. The maximum Gasteiger partial charge on any atom is 0.237 e. The van der Waals surface area contributed by atoms with Gasteiger partial charge in [0.15, 0.2) is 0 Å². The lowest BCUT2D eigenvalue weighted by Gasteiger charge is -2.06. The van der Waals surface area contributed by atoms with E-state index in [1.54, 1.807) is 12.4 Å². The zero-order valence-electron chi connectivity index (χ0n) is 11.5. The number of carbonyl (C=O) groups excluding carboxylic acids is 1. The van der Waals surface area contributed by atoms with Crippen LogP contribution in [0.3, 0.4) is 0 Å². The van der Waals surface area contributed by atoms with Gasteiger partial charge in [-0.3, -0.25) is 9.78 Å². The van der Waals surface area contributed by atoms with Crippen molar-refractivity contribution in [3.05, 3.63) is 29.9 Å². The largest absolute Gasteiger partial charge is 0.338 e. The number of rotatable bonds is 2. The number of hydrogen-bond acceptors (Lipinski definition) is 5. The zero-order valence-corrected chi connectivity index (χ0v) is 11.5. The van der Waals surface area contributed by atoms with E-state index in [0.29, 0.717) is 18.1 Å². The first-order valence-electron chi connectivity index (χ1n) is 7.03. The lowest BCUT2D eigenvalue weighted by Crippen LogP contribution is -2.10. The van der Waals surface area contributed by atoms with Crippen LogP contribution in [0.5, 0.6) is 0 Å². The fourth-order valence-corrected chi connectivity index (χ4v) is 2.63. The number of carbonyl (C=O) groups is 1. The number of aromatic nitrogens is 3. The molecule has 1 saturated carbocycles. The van der Waals surface area contributed by atoms with E-state index in [1.165, 1.54) is 0 Å². The van der Waals surface area contributed by atoms with Gasteiger partial charge in [0.05, 0.1) is 5.92 Å². The molecule has 1 atom stereocenters. The standard InChI is InChI=1S/C15H17N3O2/c1-10-9-16-8-7-11(10)14-17-15(20-18-14)12-5-3-2-4-6-13(12)19/h7-9,12H,2-6H2,1H3. The minimum Gasteiger partial charge on any atom is -0.338 e. The summed E-state index contributed by atoms with van der Waals surface area (Å²) in [4.78, 5) is 20.6. The molecule has 3 rings (SSSR count). The highest BCUT2D eigenvalue weighted by Gasteiger charge is 2.28. The smallest absolute Gasteiger partial charge is 0.237 e. The van der Waals surface area contributed by atoms with Gasteiger partial charge in [-0.25, -0.2) is 0 Å². The maximum absolute atomic E-state index is 12.1. The number of Topliss-reactive ketones (excluding diaryl/α,β-unsaturated/α-hetero) is 1. The van der Waals surface area contributed by atoms with Crippen LogP contribution in [-0.4, -0.2) is 20.9 Å². The number of aryl methyl sites for hydroxylation is 1. The highest BCUT2D eigenvalue weighted by atomic mass is 16.5. The van der Waals surface area contributed by atoms with E-state index in [0.717, 1.165) is 36.8 Å². The topological polar surface area (TPSA) is 68.9 Å². The van der Waals surface area contributed by atoms with Crippen molar-refractivity contribution in [2.75, 3.05) is 0 Å². The van der Waals surface area contributed by atoms with Gasteiger partial charge in [0.2, 0.25) is 11.7 Å². The van der Waals surface area contributed by atoms with Crippen molar-refractivity contribution in [3.63, 3.8) is 0 Å². The highest BCUT2D eigenvalue weighted by molar-refractivity contribution is 5.85. The Labute approximate surface area is 117 Å². The SMILES string of the molecule is Cc1cnccc1-c1noc(C2CCCCCC2=O)n1. The first-order valence-corrected chi connectivity index (χ1v) is 7.03. The van der Waals surface area contributed by atoms with Crippen LogP contribution in [0.4, 0.5) is 0 Å². The van der Waals surface area contributed by atoms with E-state index >= 15 is 0 Å². The third-order valence-corrected chi connectivity index (χ3v) is 3.81. The molecule has 0 radical (unpaired) electrons. The number of hydrogen-bond donors (Lipinski definition) is 0. The third kappa shape index (κ3) is 2.48. The van der Waals surface area contributed by atoms with Crippen molar-refractivity contribution < 1.29 is 9.32 Å². The molecule has 1 fully saturated rings. The average molecular weight is 271 g/mol. The van der Waals surface area contributed by atoms with Crippen LogP contribution < -0.4 is 0 Å². The Balaban J connectivity index is 1.90. The van der Waals surface area contributed by atoms with E-state index in [9.17, 15) is 4.79 Å². The number of nitrogens with zero attached hydrogens (tertiary/aromatic N) is 3. The van der Waals surface area contributed by atoms with Crippen LogP contribution in [0.1, 0.15) is 49.5 Å². The molecule has 5 nitrogen and oxygen atoms in total. The molecule has 2 aromatic heterocycles. The van der Waals surface area contributed by atoms with E-state index in [-0.39, 0.29) is 11.7 Å². The molecule has 2 heterocycles. The fourth-order valence-electron chi connectivity index (χ4n) is 2.63. The molecule has 0 aliphatic heterocycles. The molecule has 5 heteroatoms. The number of ketones is 1. The zero-order chi connectivity index (χ0) is 13.9. The first-order chi connectivity index (χ1) is 9.75. The number of pyridine rings is 1. The molecule has 0 saturated heterocycles. The Morgan fingerprint density at radius 2 is 2.20 bits per heavy atom. The van der Waals surface area contributed by atoms with Crippen molar-refractivity contribution >= 4 is 5.78 Å². The van der Waals surface area contributed by atoms with Crippen LogP contribution in [0.15, 0.2) is 23.0 Å². The molecule has 0 spiro atoms. The van der Waals surface area contributed by atoms with E-state index < -0.39 is 0 Å². The average Bonchev–Trinajstić information content (AvgIpc) is 2.82. The van der Waals surface area contributed by atoms with Crippen LogP contribution in [0, 0.1) is 6.92 Å². The molecular formula is C15H17N3O2. The lowest BCUT2D eigenvalue weighted by atomic mass is 9.99. The van der Waals surface area contributed by atoms with Crippen molar-refractivity contribution in [2.45, 2.75) is 44.9 Å². The van der Waals surface area contributed by atoms with Crippen LogP contribution in [0.2, 0.25) is 0 Å². The second-order valence-corrected chi connectivity index (χ2v) is 5.27. The predicted molar refractivity (Wildman–Crippen MR) is 73.1 cm³/mol. The van der Waals surface area contributed by atoms with Crippen LogP contribution >= 0.6 is 0 Å². The molecule has 0 bridgehead atoms. The summed E-state index contributed by atoms with van der Waals surface area (Å²) in [6.45, 7) is 1.95. The summed E-state index contributed by atoms with van der Waals surface area (Å²) in [5.41, 5.74) is 1.89. The van der Waals surface area contributed by atoms with Crippen molar-refractivity contribution in [1.29, 1.82) is 0 Å². The second kappa shape index (κ2) is 5.53. The maximum atomic E-state index is 12.1. The van der Waals surface area contributed by atoms with Crippen LogP contribution in [0.25, 0.3) is 11.4 Å². The summed E-state index contributed by atoms with van der Waals surface area (Å²) in [5, 5.41) is 4.02. The Morgan fingerprint density at radius 1 is 1.30 bits per heavy atom. The molecule has 0 aromatic carbocycles. The molecule has 104 valence electrons. The normalized spacial score (nSPS) is 19.9. The van der Waals surface area contributed by atoms with Gasteiger partial charge in [-0.15, -0.1) is 0 Å². The molecule has 1 unspecified atom stereocenters. The van der Waals surface area contributed by atoms with E-state index in [4.69, 9.17) is 4.52 Å². The summed E-state index contributed by atoms with van der Waals surface area (Å²) >= 11 is 0. The van der Waals surface area contributed by atoms with Gasteiger partial charge in [0, 0.05) is 24.4 Å². The summed E-state index contributed by atoms with van der Waals surface area (Å²) in [7, 11) is 0.